The molecule has 0 spiro atoms. The average molecular weight is 360 g/mol. The number of carbonyl (C=O) groups is 1. The second-order valence-corrected chi connectivity index (χ2v) is 5.70. The van der Waals surface area contributed by atoms with Gasteiger partial charge in [-0.3, -0.25) is 4.99 Å². The number of esters is 1. The van der Waals surface area contributed by atoms with Gasteiger partial charge in [0.2, 0.25) is 0 Å². The number of benzene rings is 1. The molecule has 0 amide bonds. The largest absolute Gasteiger partial charge is 0.496 e. The lowest BCUT2D eigenvalue weighted by molar-refractivity contribution is -0.139. The zero-order chi connectivity index (χ0) is 19.3. The fourth-order valence-corrected chi connectivity index (χ4v) is 3.05. The number of methoxy groups -OCH3 is 2. The van der Waals surface area contributed by atoms with Crippen LogP contribution in [0.2, 0.25) is 0 Å². The van der Waals surface area contributed by atoms with Crippen molar-refractivity contribution in [3.63, 3.8) is 0 Å². The highest BCUT2D eigenvalue weighted by molar-refractivity contribution is 6.00. The molecule has 2 unspecified atom stereocenters. The molecule has 0 saturated carbocycles. The molecule has 0 fully saturated rings. The molecular formula is C19H21FN2O4. The van der Waals surface area contributed by atoms with Crippen LogP contribution in [0.15, 0.2) is 34.5 Å². The van der Waals surface area contributed by atoms with E-state index in [1.54, 1.807) is 13.8 Å². The number of hydrogen-bond acceptors (Lipinski definition) is 5. The van der Waals surface area contributed by atoms with Gasteiger partial charge in [0.25, 0.3) is 6.04 Å². The smallest absolute Gasteiger partial charge is 0.336 e. The van der Waals surface area contributed by atoms with Gasteiger partial charge in [-0.05, 0) is 19.9 Å². The molecule has 0 N–H and O–H groups in total. The fourth-order valence-electron chi connectivity index (χ4n) is 3.05. The van der Waals surface area contributed by atoms with Gasteiger partial charge in [-0.25, -0.2) is 15.8 Å². The van der Waals surface area contributed by atoms with Crippen LogP contribution in [0.25, 0.3) is 4.85 Å². The molecule has 0 radical (unpaired) electrons. The normalized spacial score (nSPS) is 19.6. The van der Waals surface area contributed by atoms with Crippen molar-refractivity contribution in [3.8, 4) is 5.75 Å². The summed E-state index contributed by atoms with van der Waals surface area (Å²) in [6.07, 6.45) is 0. The van der Waals surface area contributed by atoms with Crippen molar-refractivity contribution in [3.05, 3.63) is 52.3 Å². The van der Waals surface area contributed by atoms with Crippen LogP contribution in [0.3, 0.4) is 0 Å². The van der Waals surface area contributed by atoms with Crippen LogP contribution in [0, 0.1) is 12.4 Å². The predicted molar refractivity (Wildman–Crippen MR) is 94.7 cm³/mol. The lowest BCUT2D eigenvalue weighted by Crippen LogP contribution is -2.33. The molecule has 7 heteroatoms. The van der Waals surface area contributed by atoms with Crippen molar-refractivity contribution in [2.45, 2.75) is 25.8 Å². The Morgan fingerprint density at radius 1 is 1.38 bits per heavy atom. The lowest BCUT2D eigenvalue weighted by Gasteiger charge is -2.27. The van der Waals surface area contributed by atoms with E-state index < -0.39 is 23.7 Å². The summed E-state index contributed by atoms with van der Waals surface area (Å²) in [6, 6.07) is 3.31. The van der Waals surface area contributed by atoms with Gasteiger partial charge in [0.05, 0.1) is 37.3 Å². The van der Waals surface area contributed by atoms with E-state index in [4.69, 9.17) is 20.8 Å². The first-order chi connectivity index (χ1) is 12.5. The first-order valence-electron chi connectivity index (χ1n) is 8.12. The SMILES string of the molecule is [C-]#[N+]C1C(C)=NC(COC)=C(C(=O)OCC)C1c1ccc(F)cc1OC. The number of halogens is 1. The van der Waals surface area contributed by atoms with Crippen molar-refractivity contribution in [2.75, 3.05) is 27.4 Å². The maximum absolute atomic E-state index is 13.6. The van der Waals surface area contributed by atoms with Crippen molar-refractivity contribution < 1.29 is 23.4 Å². The minimum absolute atomic E-state index is 0.0935. The Bertz CT molecular complexity index is 795. The number of aliphatic imine (C=N–C) groups is 1. The molecule has 138 valence electrons. The summed E-state index contributed by atoms with van der Waals surface area (Å²) < 4.78 is 29.3. The predicted octanol–water partition coefficient (Wildman–Crippen LogP) is 3.14. The van der Waals surface area contributed by atoms with Gasteiger partial charge in [0, 0.05) is 18.7 Å². The maximum atomic E-state index is 13.6. The zero-order valence-corrected chi connectivity index (χ0v) is 15.2. The lowest BCUT2D eigenvalue weighted by atomic mass is 9.79. The first-order valence-corrected chi connectivity index (χ1v) is 8.12. The number of rotatable bonds is 6. The molecule has 1 aromatic carbocycles. The van der Waals surface area contributed by atoms with Crippen LogP contribution in [-0.4, -0.2) is 45.2 Å². The van der Waals surface area contributed by atoms with Crippen molar-refractivity contribution in [2.24, 2.45) is 4.99 Å². The van der Waals surface area contributed by atoms with Crippen LogP contribution in [0.5, 0.6) is 5.75 Å². The molecule has 1 aliphatic rings. The van der Waals surface area contributed by atoms with E-state index in [-0.39, 0.29) is 24.5 Å². The highest BCUT2D eigenvalue weighted by atomic mass is 19.1. The highest BCUT2D eigenvalue weighted by Gasteiger charge is 2.44. The van der Waals surface area contributed by atoms with E-state index in [0.717, 1.165) is 0 Å². The number of nitrogens with zero attached hydrogens (tertiary/aromatic N) is 2. The molecule has 0 aliphatic carbocycles. The summed E-state index contributed by atoms with van der Waals surface area (Å²) in [4.78, 5) is 20.7. The van der Waals surface area contributed by atoms with E-state index >= 15 is 0 Å². The summed E-state index contributed by atoms with van der Waals surface area (Å²) in [7, 11) is 2.91. The van der Waals surface area contributed by atoms with Crippen LogP contribution in [-0.2, 0) is 14.3 Å². The highest BCUT2D eigenvalue weighted by Crippen LogP contribution is 2.41. The average Bonchev–Trinajstić information content (AvgIpc) is 2.61. The molecule has 1 heterocycles. The Labute approximate surface area is 152 Å². The van der Waals surface area contributed by atoms with Crippen LogP contribution in [0.1, 0.15) is 25.3 Å². The number of ether oxygens (including phenoxy) is 3. The second kappa shape index (κ2) is 8.59. The van der Waals surface area contributed by atoms with Crippen molar-refractivity contribution >= 4 is 11.7 Å². The standard InChI is InChI=1S/C19H21FN2O4/c1-6-26-19(23)17-14(10-24-4)22-11(2)18(21-3)16(17)13-8-7-12(20)9-15(13)25-5/h7-9,16,18H,6,10H2,1-2,4-5H3. The third-order valence-corrected chi connectivity index (χ3v) is 4.12. The van der Waals surface area contributed by atoms with Gasteiger partial charge in [-0.2, -0.15) is 0 Å². The molecule has 2 rings (SSSR count). The molecule has 0 bridgehead atoms. The minimum Gasteiger partial charge on any atom is -0.496 e. The Morgan fingerprint density at radius 3 is 2.69 bits per heavy atom. The Morgan fingerprint density at radius 2 is 2.12 bits per heavy atom. The summed E-state index contributed by atoms with van der Waals surface area (Å²) in [6.45, 7) is 11.3. The third-order valence-electron chi connectivity index (χ3n) is 4.12. The van der Waals surface area contributed by atoms with Gasteiger partial charge >= 0.3 is 5.97 Å². The van der Waals surface area contributed by atoms with Gasteiger partial charge in [-0.1, -0.05) is 6.07 Å². The van der Waals surface area contributed by atoms with Crippen LogP contribution >= 0.6 is 0 Å². The van der Waals surface area contributed by atoms with Gasteiger partial charge < -0.3 is 19.1 Å². The fraction of sp³-hybridized carbons (Fsp3) is 0.421. The monoisotopic (exact) mass is 360 g/mol. The molecule has 1 aliphatic heterocycles. The van der Waals surface area contributed by atoms with E-state index in [9.17, 15) is 9.18 Å². The van der Waals surface area contributed by atoms with Gasteiger partial charge in [0.15, 0.2) is 0 Å². The van der Waals surface area contributed by atoms with Crippen molar-refractivity contribution in [1.29, 1.82) is 0 Å². The molecule has 1 aromatic rings. The van der Waals surface area contributed by atoms with E-state index in [1.807, 2.05) is 0 Å². The third kappa shape index (κ3) is 3.75. The number of hydrogen-bond donors (Lipinski definition) is 0. The molecule has 0 aromatic heterocycles. The second-order valence-electron chi connectivity index (χ2n) is 5.70. The summed E-state index contributed by atoms with van der Waals surface area (Å²) in [5.74, 6) is -1.47. The Kier molecular flexibility index (Phi) is 6.47. The maximum Gasteiger partial charge on any atom is 0.336 e. The van der Waals surface area contributed by atoms with Gasteiger partial charge in [0.1, 0.15) is 17.5 Å². The minimum atomic E-state index is -0.727. The summed E-state index contributed by atoms with van der Waals surface area (Å²) >= 11 is 0. The molecule has 6 nitrogen and oxygen atoms in total. The molecule has 26 heavy (non-hydrogen) atoms. The van der Waals surface area contributed by atoms with Crippen LogP contribution < -0.4 is 4.74 Å². The quantitative estimate of drug-likeness (QED) is 0.578. The first kappa shape index (κ1) is 19.6. The van der Waals surface area contributed by atoms with Gasteiger partial charge in [-0.15, -0.1) is 0 Å². The van der Waals surface area contributed by atoms with E-state index in [1.165, 1.54) is 32.4 Å². The molecule has 2 atom stereocenters. The van der Waals surface area contributed by atoms with E-state index in [0.29, 0.717) is 17.0 Å². The van der Waals surface area contributed by atoms with E-state index in [2.05, 4.69) is 9.84 Å². The number of carbonyl (C=O) groups excluding carboxylic acids is 1. The van der Waals surface area contributed by atoms with Crippen molar-refractivity contribution in [1.82, 2.24) is 0 Å². The topological polar surface area (TPSA) is 61.5 Å². The Balaban J connectivity index is 2.73. The Hall–Kier alpha value is -2.72. The zero-order valence-electron chi connectivity index (χ0n) is 15.2. The van der Waals surface area contributed by atoms with Crippen LogP contribution in [0.4, 0.5) is 4.39 Å². The molecule has 0 saturated heterocycles. The summed E-state index contributed by atoms with van der Waals surface area (Å²) in [5, 5.41) is 0. The molecular weight excluding hydrogens is 339 g/mol. The summed E-state index contributed by atoms with van der Waals surface area (Å²) in [5.41, 5.74) is 1.72.